The summed E-state index contributed by atoms with van der Waals surface area (Å²) in [6.45, 7) is 5.01. The van der Waals surface area contributed by atoms with Gasteiger partial charge in [-0.2, -0.15) is 5.26 Å². The van der Waals surface area contributed by atoms with Gasteiger partial charge in [0.15, 0.2) is 11.5 Å². The van der Waals surface area contributed by atoms with Gasteiger partial charge in [0.05, 0.1) is 18.2 Å². The molecule has 3 aromatic carbocycles. The van der Waals surface area contributed by atoms with Gasteiger partial charge in [0.25, 0.3) is 5.91 Å². The van der Waals surface area contributed by atoms with Crippen molar-refractivity contribution in [1.82, 2.24) is 0 Å². The SMILES string of the molecule is CCOc1ccc(NC(=O)/C(C#N)=C\c2cc(Cl)c(OCc3ccc(I)cc3)c(OCC)c2)cc1. The minimum absolute atomic E-state index is 0.0787. The monoisotopic (exact) mass is 602 g/mol. The number of ether oxygens (including phenoxy) is 3. The van der Waals surface area contributed by atoms with E-state index in [1.165, 1.54) is 6.08 Å². The van der Waals surface area contributed by atoms with Crippen LogP contribution in [0.25, 0.3) is 6.08 Å². The van der Waals surface area contributed by atoms with Crippen molar-refractivity contribution >= 4 is 51.9 Å². The van der Waals surface area contributed by atoms with Crippen LogP contribution in [0.2, 0.25) is 5.02 Å². The number of rotatable bonds is 10. The van der Waals surface area contributed by atoms with Crippen molar-refractivity contribution in [3.8, 4) is 23.3 Å². The van der Waals surface area contributed by atoms with E-state index in [1.54, 1.807) is 36.4 Å². The van der Waals surface area contributed by atoms with Gasteiger partial charge < -0.3 is 19.5 Å². The fourth-order valence-electron chi connectivity index (χ4n) is 3.13. The third kappa shape index (κ3) is 7.64. The molecule has 0 bridgehead atoms. The van der Waals surface area contributed by atoms with E-state index >= 15 is 0 Å². The van der Waals surface area contributed by atoms with Crippen molar-refractivity contribution in [1.29, 1.82) is 5.26 Å². The van der Waals surface area contributed by atoms with Crippen LogP contribution in [0.15, 0.2) is 66.2 Å². The molecule has 8 heteroatoms. The fraction of sp³-hybridized carbons (Fsp3) is 0.185. The predicted octanol–water partition coefficient (Wildman–Crippen LogP) is 6.87. The molecule has 0 aromatic heterocycles. The number of amides is 1. The first-order valence-corrected chi connectivity index (χ1v) is 12.4. The molecule has 1 amide bonds. The summed E-state index contributed by atoms with van der Waals surface area (Å²) in [5.41, 5.74) is 2.00. The number of carbonyl (C=O) groups is 1. The van der Waals surface area contributed by atoms with Gasteiger partial charge in [0.2, 0.25) is 0 Å². The summed E-state index contributed by atoms with van der Waals surface area (Å²) in [7, 11) is 0. The van der Waals surface area contributed by atoms with Crippen molar-refractivity contribution in [2.45, 2.75) is 20.5 Å². The summed E-state index contributed by atoms with van der Waals surface area (Å²) >= 11 is 8.75. The van der Waals surface area contributed by atoms with Crippen LogP contribution >= 0.6 is 34.2 Å². The topological polar surface area (TPSA) is 80.6 Å². The van der Waals surface area contributed by atoms with E-state index in [2.05, 4.69) is 27.9 Å². The van der Waals surface area contributed by atoms with Crippen LogP contribution in [0.3, 0.4) is 0 Å². The van der Waals surface area contributed by atoms with Crippen LogP contribution in [-0.2, 0) is 11.4 Å². The van der Waals surface area contributed by atoms with Gasteiger partial charge in [0, 0.05) is 9.26 Å². The first-order chi connectivity index (χ1) is 16.9. The molecule has 0 heterocycles. The van der Waals surface area contributed by atoms with Gasteiger partial charge in [-0.05, 0) is 102 Å². The lowest BCUT2D eigenvalue weighted by Crippen LogP contribution is -2.13. The second-order valence-corrected chi connectivity index (χ2v) is 8.91. The normalized spacial score (nSPS) is 10.9. The van der Waals surface area contributed by atoms with Crippen molar-refractivity contribution in [2.75, 3.05) is 18.5 Å². The highest BCUT2D eigenvalue weighted by Crippen LogP contribution is 2.38. The van der Waals surface area contributed by atoms with Crippen LogP contribution in [-0.4, -0.2) is 19.1 Å². The zero-order chi connectivity index (χ0) is 25.2. The van der Waals surface area contributed by atoms with E-state index in [0.717, 1.165) is 9.13 Å². The van der Waals surface area contributed by atoms with Gasteiger partial charge >= 0.3 is 0 Å². The quantitative estimate of drug-likeness (QED) is 0.156. The van der Waals surface area contributed by atoms with Gasteiger partial charge in [0.1, 0.15) is 24.0 Å². The lowest BCUT2D eigenvalue weighted by molar-refractivity contribution is -0.112. The molecule has 0 saturated carbocycles. The molecule has 0 radical (unpaired) electrons. The molecule has 0 aliphatic heterocycles. The molecule has 1 N–H and O–H groups in total. The Labute approximate surface area is 223 Å². The molecule has 0 unspecified atom stereocenters. The van der Waals surface area contributed by atoms with Crippen LogP contribution < -0.4 is 19.5 Å². The third-order valence-corrected chi connectivity index (χ3v) is 5.73. The smallest absolute Gasteiger partial charge is 0.266 e. The van der Waals surface area contributed by atoms with E-state index < -0.39 is 5.91 Å². The lowest BCUT2D eigenvalue weighted by atomic mass is 10.1. The Morgan fingerprint density at radius 2 is 1.71 bits per heavy atom. The fourth-order valence-corrected chi connectivity index (χ4v) is 3.76. The van der Waals surface area contributed by atoms with Crippen LogP contribution in [0.4, 0.5) is 5.69 Å². The summed E-state index contributed by atoms with van der Waals surface area (Å²) in [6, 6.07) is 20.2. The minimum Gasteiger partial charge on any atom is -0.494 e. The first kappa shape index (κ1) is 26.4. The molecule has 6 nitrogen and oxygen atoms in total. The van der Waals surface area contributed by atoms with E-state index in [1.807, 2.05) is 44.2 Å². The maximum atomic E-state index is 12.7. The zero-order valence-electron chi connectivity index (χ0n) is 19.3. The Hall–Kier alpha value is -3.22. The molecule has 0 aliphatic rings. The van der Waals surface area contributed by atoms with Gasteiger partial charge in [-0.15, -0.1) is 0 Å². The van der Waals surface area contributed by atoms with E-state index in [-0.39, 0.29) is 5.57 Å². The molecular formula is C27H24ClIN2O4. The summed E-state index contributed by atoms with van der Waals surface area (Å²) in [5, 5.41) is 12.6. The molecule has 0 fully saturated rings. The number of carbonyl (C=O) groups excluding carboxylic acids is 1. The molecule has 180 valence electrons. The maximum Gasteiger partial charge on any atom is 0.266 e. The van der Waals surface area contributed by atoms with E-state index in [4.69, 9.17) is 25.8 Å². The number of nitrogens with one attached hydrogen (secondary N) is 1. The highest BCUT2D eigenvalue weighted by Gasteiger charge is 2.15. The highest BCUT2D eigenvalue weighted by molar-refractivity contribution is 14.1. The Bertz CT molecular complexity index is 1240. The number of benzene rings is 3. The summed E-state index contributed by atoms with van der Waals surface area (Å²) in [6.07, 6.45) is 1.46. The van der Waals surface area contributed by atoms with Gasteiger partial charge in [-0.25, -0.2) is 0 Å². The highest BCUT2D eigenvalue weighted by atomic mass is 127. The average molecular weight is 603 g/mol. The van der Waals surface area contributed by atoms with Gasteiger partial charge in [-0.1, -0.05) is 23.7 Å². The number of anilines is 1. The number of nitrogens with zero attached hydrogens (tertiary/aromatic N) is 1. The number of nitriles is 1. The largest absolute Gasteiger partial charge is 0.494 e. The average Bonchev–Trinajstić information content (AvgIpc) is 2.84. The van der Waals surface area contributed by atoms with Crippen molar-refractivity contribution in [3.05, 3.63) is 86.0 Å². The maximum absolute atomic E-state index is 12.7. The van der Waals surface area contributed by atoms with Crippen molar-refractivity contribution in [2.24, 2.45) is 0 Å². The van der Waals surface area contributed by atoms with Crippen LogP contribution in [0.5, 0.6) is 17.2 Å². The Kier molecular flexibility index (Phi) is 9.82. The standard InChI is InChI=1S/C27H24ClIN2O4/c1-3-33-23-11-9-22(10-12-23)31-27(32)20(16-30)13-19-14-24(28)26(25(15-19)34-4-2)35-17-18-5-7-21(29)8-6-18/h5-15H,3-4,17H2,1-2H3,(H,31,32)/b20-13-. The Morgan fingerprint density at radius 1 is 1.03 bits per heavy atom. The molecule has 35 heavy (non-hydrogen) atoms. The number of hydrogen-bond donors (Lipinski definition) is 1. The Morgan fingerprint density at radius 3 is 2.34 bits per heavy atom. The molecule has 0 spiro atoms. The van der Waals surface area contributed by atoms with Crippen molar-refractivity contribution < 1.29 is 19.0 Å². The van der Waals surface area contributed by atoms with E-state index in [0.29, 0.717) is 53.3 Å². The summed E-state index contributed by atoms with van der Waals surface area (Å²) in [5.74, 6) is 0.997. The molecule has 0 saturated heterocycles. The molecular weight excluding hydrogens is 579 g/mol. The molecule has 3 rings (SSSR count). The predicted molar refractivity (Wildman–Crippen MR) is 146 cm³/mol. The Balaban J connectivity index is 1.79. The van der Waals surface area contributed by atoms with Gasteiger partial charge in [-0.3, -0.25) is 4.79 Å². The van der Waals surface area contributed by atoms with Crippen molar-refractivity contribution in [3.63, 3.8) is 0 Å². The van der Waals surface area contributed by atoms with Crippen LogP contribution in [0, 0.1) is 14.9 Å². The third-order valence-electron chi connectivity index (χ3n) is 4.73. The van der Waals surface area contributed by atoms with Crippen LogP contribution in [0.1, 0.15) is 25.0 Å². The molecule has 3 aromatic rings. The minimum atomic E-state index is -0.537. The zero-order valence-corrected chi connectivity index (χ0v) is 22.2. The van der Waals surface area contributed by atoms with E-state index in [9.17, 15) is 10.1 Å². The molecule has 0 aliphatic carbocycles. The lowest BCUT2D eigenvalue weighted by Gasteiger charge is -2.15. The second kappa shape index (κ2) is 13.0. The number of hydrogen-bond acceptors (Lipinski definition) is 5. The second-order valence-electron chi connectivity index (χ2n) is 7.26. The summed E-state index contributed by atoms with van der Waals surface area (Å²) in [4.78, 5) is 12.7. The molecule has 0 atom stereocenters. The summed E-state index contributed by atoms with van der Waals surface area (Å²) < 4.78 is 18.2. The first-order valence-electron chi connectivity index (χ1n) is 10.9. The number of halogens is 2.